The lowest BCUT2D eigenvalue weighted by molar-refractivity contribution is 0.857. The van der Waals surface area contributed by atoms with Crippen LogP contribution in [0.25, 0.3) is 0 Å². The van der Waals surface area contributed by atoms with Gasteiger partial charge < -0.3 is 0 Å². The van der Waals surface area contributed by atoms with Crippen LogP contribution in [0.4, 0.5) is 0 Å². The van der Waals surface area contributed by atoms with E-state index in [1.165, 1.54) is 29.1 Å². The van der Waals surface area contributed by atoms with Gasteiger partial charge in [-0.05, 0) is 6.42 Å². The highest BCUT2D eigenvalue weighted by Gasteiger charge is 1.91. The third-order valence-electron chi connectivity index (χ3n) is 0.955. The summed E-state index contributed by atoms with van der Waals surface area (Å²) in [6, 6.07) is 1.42. The van der Waals surface area contributed by atoms with Gasteiger partial charge in [-0.3, -0.25) is 0 Å². The quantitative estimate of drug-likeness (QED) is 0.378. The molecule has 0 amide bonds. The van der Waals surface area contributed by atoms with Crippen LogP contribution in [0.3, 0.4) is 0 Å². The summed E-state index contributed by atoms with van der Waals surface area (Å²) in [6.07, 6.45) is 2.63. The molecule has 44 valence electrons. The molecule has 0 spiro atoms. The Hall–Kier alpha value is 0.724. The van der Waals surface area contributed by atoms with E-state index in [0.29, 0.717) is 5.00 Å². The molecule has 0 aliphatic heterocycles. The van der Waals surface area contributed by atoms with E-state index >= 15 is 0 Å². The molecule has 0 saturated heterocycles. The summed E-state index contributed by atoms with van der Waals surface area (Å²) in [6.45, 7) is 0. The second-order valence-corrected chi connectivity index (χ2v) is 5.79. The van der Waals surface area contributed by atoms with Crippen molar-refractivity contribution in [3.05, 3.63) is 0 Å². The molecule has 0 saturated carbocycles. The molecular formula is C4H13ClSi2. The van der Waals surface area contributed by atoms with Crippen molar-refractivity contribution in [3.63, 3.8) is 0 Å². The first kappa shape index (κ1) is 7.72. The molecule has 1 atom stereocenters. The van der Waals surface area contributed by atoms with E-state index in [1.54, 1.807) is 0 Å². The number of hydrogen-bond acceptors (Lipinski definition) is 0. The average molecular weight is 153 g/mol. The van der Waals surface area contributed by atoms with Gasteiger partial charge in [0, 0.05) is 25.5 Å². The highest BCUT2D eigenvalue weighted by Crippen LogP contribution is 2.01. The maximum absolute atomic E-state index is 5.73. The Morgan fingerprint density at radius 1 is 1.57 bits per heavy atom. The number of halogens is 1. The summed E-state index contributed by atoms with van der Waals surface area (Å²) >= 11 is 5.73. The first-order valence-electron chi connectivity index (χ1n) is 2.91. The highest BCUT2D eigenvalue weighted by molar-refractivity contribution is 6.40. The van der Waals surface area contributed by atoms with Crippen molar-refractivity contribution in [2.75, 3.05) is 0 Å². The minimum Gasteiger partial charge on any atom is -0.128 e. The predicted molar refractivity (Wildman–Crippen MR) is 43.6 cm³/mol. The zero-order chi connectivity index (χ0) is 5.70. The van der Waals surface area contributed by atoms with E-state index in [2.05, 4.69) is 0 Å². The summed E-state index contributed by atoms with van der Waals surface area (Å²) in [4.78, 5) is 0. The lowest BCUT2D eigenvalue weighted by Gasteiger charge is -1.96. The van der Waals surface area contributed by atoms with E-state index < -0.39 is 0 Å². The van der Waals surface area contributed by atoms with Crippen molar-refractivity contribution in [2.24, 2.45) is 0 Å². The van der Waals surface area contributed by atoms with Gasteiger partial charge in [-0.25, -0.2) is 0 Å². The van der Waals surface area contributed by atoms with Crippen molar-refractivity contribution < 1.29 is 0 Å². The molecule has 0 nitrogen and oxygen atoms in total. The molecule has 0 fully saturated rings. The van der Waals surface area contributed by atoms with Gasteiger partial charge in [0.15, 0.2) is 0 Å². The number of rotatable bonds is 3. The molecule has 0 aliphatic carbocycles. The predicted octanol–water partition coefficient (Wildman–Crippen LogP) is -0.519. The summed E-state index contributed by atoms with van der Waals surface area (Å²) in [5.41, 5.74) is 0. The van der Waals surface area contributed by atoms with Crippen LogP contribution < -0.4 is 0 Å². The van der Waals surface area contributed by atoms with Crippen LogP contribution in [-0.4, -0.2) is 25.5 Å². The molecular weight excluding hydrogens is 140 g/mol. The molecule has 7 heavy (non-hydrogen) atoms. The maximum atomic E-state index is 5.73. The van der Waals surface area contributed by atoms with Gasteiger partial charge in [-0.2, -0.15) is 0 Å². The first-order chi connectivity index (χ1) is 3.27. The van der Waals surface area contributed by atoms with E-state index in [0.717, 1.165) is 10.2 Å². The SMILES string of the molecule is [SiH3]CCCC([SiH3])Cl. The lowest BCUT2D eigenvalue weighted by Crippen LogP contribution is -1.94. The Morgan fingerprint density at radius 3 is 2.29 bits per heavy atom. The van der Waals surface area contributed by atoms with E-state index in [-0.39, 0.29) is 0 Å². The van der Waals surface area contributed by atoms with E-state index in [4.69, 9.17) is 11.6 Å². The van der Waals surface area contributed by atoms with Crippen LogP contribution in [0.5, 0.6) is 0 Å². The van der Waals surface area contributed by atoms with Crippen molar-refractivity contribution in [3.8, 4) is 0 Å². The Kier molecular flexibility index (Phi) is 5.38. The third-order valence-corrected chi connectivity index (χ3v) is 2.46. The second-order valence-electron chi connectivity index (χ2n) is 1.92. The molecule has 0 heterocycles. The Bertz CT molecular complexity index is 38.7. The van der Waals surface area contributed by atoms with Gasteiger partial charge in [0.05, 0.1) is 0 Å². The van der Waals surface area contributed by atoms with Gasteiger partial charge in [0.1, 0.15) is 0 Å². The van der Waals surface area contributed by atoms with Crippen LogP contribution in [-0.2, 0) is 0 Å². The van der Waals surface area contributed by atoms with Crippen LogP contribution >= 0.6 is 11.6 Å². The van der Waals surface area contributed by atoms with Crippen LogP contribution in [0.1, 0.15) is 12.8 Å². The summed E-state index contributed by atoms with van der Waals surface area (Å²) < 4.78 is 0. The van der Waals surface area contributed by atoms with Gasteiger partial charge in [-0.1, -0.05) is 12.5 Å². The van der Waals surface area contributed by atoms with Gasteiger partial charge in [-0.15, -0.1) is 11.6 Å². The number of alkyl halides is 1. The molecule has 3 heteroatoms. The zero-order valence-electron chi connectivity index (χ0n) is 5.08. The van der Waals surface area contributed by atoms with Crippen molar-refractivity contribution in [1.29, 1.82) is 0 Å². The average Bonchev–Trinajstić information content (AvgIpc) is 1.61. The maximum Gasteiger partial charge on any atom is 0.0254 e. The molecule has 0 aromatic heterocycles. The molecule has 0 N–H and O–H groups in total. The summed E-state index contributed by atoms with van der Waals surface area (Å²) in [5, 5.41) is 0.536. The molecule has 0 rings (SSSR count). The second kappa shape index (κ2) is 4.87. The van der Waals surface area contributed by atoms with E-state index in [1.807, 2.05) is 0 Å². The Labute approximate surface area is 56.5 Å². The van der Waals surface area contributed by atoms with Crippen LogP contribution in [0.2, 0.25) is 6.04 Å². The lowest BCUT2D eigenvalue weighted by atomic mass is 10.4. The highest BCUT2D eigenvalue weighted by atomic mass is 35.5. The molecule has 1 unspecified atom stereocenters. The van der Waals surface area contributed by atoms with Gasteiger partial charge >= 0.3 is 0 Å². The minimum absolute atomic E-state index is 0.536. The topological polar surface area (TPSA) is 0 Å². The van der Waals surface area contributed by atoms with Gasteiger partial charge in [0.2, 0.25) is 0 Å². The standard InChI is InChI=1S/C4H13ClSi2/c5-4(7)2-1-3-6/h4H,1-3H2,6-7H3. The van der Waals surface area contributed by atoms with Gasteiger partial charge in [0.25, 0.3) is 0 Å². The third kappa shape index (κ3) is 6.72. The summed E-state index contributed by atoms with van der Waals surface area (Å²) in [5.74, 6) is 0. The summed E-state index contributed by atoms with van der Waals surface area (Å²) in [7, 11) is 2.52. The van der Waals surface area contributed by atoms with Crippen molar-refractivity contribution in [2.45, 2.75) is 23.9 Å². The Morgan fingerprint density at radius 2 is 2.14 bits per heavy atom. The Balaban J connectivity index is 2.68. The first-order valence-corrected chi connectivity index (χ1v) is 5.92. The molecule has 0 bridgehead atoms. The molecule has 0 aliphatic rings. The monoisotopic (exact) mass is 152 g/mol. The normalized spacial score (nSPS) is 15.0. The number of hydrogen-bond donors (Lipinski definition) is 0. The van der Waals surface area contributed by atoms with Crippen molar-refractivity contribution >= 4 is 32.1 Å². The van der Waals surface area contributed by atoms with Crippen molar-refractivity contribution in [1.82, 2.24) is 0 Å². The zero-order valence-corrected chi connectivity index (χ0v) is 9.83. The minimum atomic E-state index is 0.536. The fourth-order valence-electron chi connectivity index (χ4n) is 0.485. The molecule has 0 aromatic rings. The molecule has 0 aromatic carbocycles. The van der Waals surface area contributed by atoms with Crippen LogP contribution in [0.15, 0.2) is 0 Å². The fraction of sp³-hybridized carbons (Fsp3) is 1.00. The molecule has 0 radical (unpaired) electrons. The van der Waals surface area contributed by atoms with Crippen LogP contribution in [0, 0.1) is 0 Å². The smallest absolute Gasteiger partial charge is 0.0254 e. The largest absolute Gasteiger partial charge is 0.128 e. The van der Waals surface area contributed by atoms with E-state index in [9.17, 15) is 0 Å². The fourth-order valence-corrected chi connectivity index (χ4v) is 1.46.